The molecule has 11 heteroatoms. The topological polar surface area (TPSA) is 74.7 Å². The van der Waals surface area contributed by atoms with Crippen LogP contribution in [0.25, 0.3) is 10.9 Å². The number of urea groups is 1. The van der Waals surface area contributed by atoms with Gasteiger partial charge in [0.05, 0.1) is 10.5 Å². The fourth-order valence-electron chi connectivity index (χ4n) is 4.08. The molecule has 2 amide bonds. The van der Waals surface area contributed by atoms with Crippen molar-refractivity contribution in [2.75, 3.05) is 31.5 Å². The van der Waals surface area contributed by atoms with Crippen molar-refractivity contribution in [3.63, 3.8) is 0 Å². The minimum atomic E-state index is -4.51. The van der Waals surface area contributed by atoms with Crippen molar-refractivity contribution in [1.29, 1.82) is 0 Å². The summed E-state index contributed by atoms with van der Waals surface area (Å²) in [6, 6.07) is 10.7. The Hall–Kier alpha value is -3.05. The van der Waals surface area contributed by atoms with Crippen molar-refractivity contribution >= 4 is 32.6 Å². The molecular formula is C23H25F3N4O3S. The molecule has 1 aliphatic rings. The summed E-state index contributed by atoms with van der Waals surface area (Å²) in [4.78, 5) is 14.3. The maximum atomic E-state index is 13.3. The van der Waals surface area contributed by atoms with E-state index in [0.29, 0.717) is 6.42 Å². The number of alkyl halides is 3. The highest BCUT2D eigenvalue weighted by Gasteiger charge is 2.31. The van der Waals surface area contributed by atoms with Gasteiger partial charge in [-0.15, -0.1) is 0 Å². The van der Waals surface area contributed by atoms with Crippen LogP contribution in [0.2, 0.25) is 0 Å². The molecule has 0 atom stereocenters. The number of aromatic nitrogens is 1. The first kappa shape index (κ1) is 24.1. The molecule has 2 heterocycles. The molecule has 2 aromatic carbocycles. The molecule has 3 aromatic rings. The number of hydrogen-bond acceptors (Lipinski definition) is 3. The normalized spacial score (nSPS) is 15.9. The molecular weight excluding hydrogens is 469 g/mol. The van der Waals surface area contributed by atoms with Crippen LogP contribution in [-0.4, -0.2) is 54.4 Å². The van der Waals surface area contributed by atoms with Gasteiger partial charge >= 0.3 is 12.2 Å². The van der Waals surface area contributed by atoms with E-state index >= 15 is 0 Å². The van der Waals surface area contributed by atoms with E-state index in [1.807, 2.05) is 23.8 Å². The van der Waals surface area contributed by atoms with Crippen LogP contribution in [-0.2, 0) is 22.7 Å². The molecule has 4 rings (SSSR count). The van der Waals surface area contributed by atoms with Crippen LogP contribution in [0, 0.1) is 0 Å². The number of halogens is 3. The summed E-state index contributed by atoms with van der Waals surface area (Å²) < 4.78 is 68.7. The van der Waals surface area contributed by atoms with Crippen LogP contribution >= 0.6 is 0 Å². The van der Waals surface area contributed by atoms with Crippen molar-refractivity contribution in [2.45, 2.75) is 31.0 Å². The predicted octanol–water partition coefficient (Wildman–Crippen LogP) is 4.61. The van der Waals surface area contributed by atoms with Crippen LogP contribution in [0.15, 0.2) is 59.6 Å². The Morgan fingerprint density at radius 2 is 1.82 bits per heavy atom. The fraction of sp³-hybridized carbons (Fsp3) is 0.348. The Morgan fingerprint density at radius 1 is 1.03 bits per heavy atom. The van der Waals surface area contributed by atoms with Gasteiger partial charge in [-0.05, 0) is 55.8 Å². The van der Waals surface area contributed by atoms with Gasteiger partial charge in [0.2, 0.25) is 10.0 Å². The van der Waals surface area contributed by atoms with E-state index in [2.05, 4.69) is 5.32 Å². The van der Waals surface area contributed by atoms with Crippen LogP contribution < -0.4 is 5.32 Å². The minimum absolute atomic E-state index is 0.0286. The highest BCUT2D eigenvalue weighted by atomic mass is 32.2. The summed E-state index contributed by atoms with van der Waals surface area (Å²) in [6.07, 6.45) is -2.20. The summed E-state index contributed by atoms with van der Waals surface area (Å²) in [5, 5.41) is 3.32. The van der Waals surface area contributed by atoms with Gasteiger partial charge in [0.25, 0.3) is 0 Å². The third-order valence-corrected chi connectivity index (χ3v) is 7.80. The standard InChI is InChI=1S/C23H25F3N4O3S/c1-2-28-12-9-17-15-20(7-8-21(17)28)34(32,33)30-11-4-10-29(13-14-30)22(31)27-19-6-3-5-18(16-19)23(24,25)26/h3,5-9,12,15-16H,2,4,10-11,13-14H2,1H3,(H,27,31). The van der Waals surface area contributed by atoms with Crippen molar-refractivity contribution in [1.82, 2.24) is 13.8 Å². The molecule has 0 radical (unpaired) electrons. The number of nitrogens with zero attached hydrogens (tertiary/aromatic N) is 3. The number of anilines is 1. The van der Waals surface area contributed by atoms with Gasteiger partial charge in [-0.25, -0.2) is 13.2 Å². The SMILES string of the molecule is CCn1ccc2cc(S(=O)(=O)N3CCCN(C(=O)Nc4cccc(C(F)(F)F)c4)CC3)ccc21. The lowest BCUT2D eigenvalue weighted by Crippen LogP contribution is -2.39. The number of benzene rings is 2. The molecule has 0 spiro atoms. The average Bonchev–Trinajstić information content (AvgIpc) is 3.03. The third-order valence-electron chi connectivity index (χ3n) is 5.90. The number of carbonyl (C=O) groups excluding carboxylic acids is 1. The summed E-state index contributed by atoms with van der Waals surface area (Å²) >= 11 is 0. The van der Waals surface area contributed by atoms with Crippen molar-refractivity contribution in [3.8, 4) is 0 Å². The molecule has 1 aromatic heterocycles. The Bertz CT molecular complexity index is 1300. The summed E-state index contributed by atoms with van der Waals surface area (Å²) in [7, 11) is -3.76. The number of aryl methyl sites for hydroxylation is 1. The lowest BCUT2D eigenvalue weighted by Gasteiger charge is -2.22. The fourth-order valence-corrected chi connectivity index (χ4v) is 5.58. The molecule has 1 saturated heterocycles. The van der Waals surface area contributed by atoms with Gasteiger partial charge in [0.15, 0.2) is 0 Å². The highest BCUT2D eigenvalue weighted by molar-refractivity contribution is 7.89. The molecule has 34 heavy (non-hydrogen) atoms. The molecule has 7 nitrogen and oxygen atoms in total. The number of hydrogen-bond donors (Lipinski definition) is 1. The first-order valence-corrected chi connectivity index (χ1v) is 12.4. The number of carbonyl (C=O) groups is 1. The van der Waals surface area contributed by atoms with Gasteiger partial charge in [-0.1, -0.05) is 6.07 Å². The smallest absolute Gasteiger partial charge is 0.348 e. The second-order valence-corrected chi connectivity index (χ2v) is 10.0. The number of rotatable bonds is 4. The largest absolute Gasteiger partial charge is 0.416 e. The van der Waals surface area contributed by atoms with E-state index < -0.39 is 27.8 Å². The van der Waals surface area contributed by atoms with Gasteiger partial charge in [0.1, 0.15) is 0 Å². The lowest BCUT2D eigenvalue weighted by atomic mass is 10.2. The summed E-state index contributed by atoms with van der Waals surface area (Å²) in [5.74, 6) is 0. The lowest BCUT2D eigenvalue weighted by molar-refractivity contribution is -0.137. The number of sulfonamides is 1. The van der Waals surface area contributed by atoms with E-state index in [0.717, 1.165) is 29.6 Å². The minimum Gasteiger partial charge on any atom is -0.348 e. The van der Waals surface area contributed by atoms with Crippen LogP contribution in [0.5, 0.6) is 0 Å². The number of fused-ring (bicyclic) bond motifs is 1. The van der Waals surface area contributed by atoms with Gasteiger partial charge < -0.3 is 14.8 Å². The highest BCUT2D eigenvalue weighted by Crippen LogP contribution is 2.31. The first-order chi connectivity index (χ1) is 16.1. The molecule has 182 valence electrons. The van der Waals surface area contributed by atoms with E-state index in [1.54, 1.807) is 18.2 Å². The van der Waals surface area contributed by atoms with Crippen LogP contribution in [0.1, 0.15) is 18.9 Å². The van der Waals surface area contributed by atoms with Crippen molar-refractivity contribution in [3.05, 3.63) is 60.3 Å². The predicted molar refractivity (Wildman–Crippen MR) is 123 cm³/mol. The zero-order valence-corrected chi connectivity index (χ0v) is 19.4. The Balaban J connectivity index is 1.45. The van der Waals surface area contributed by atoms with Crippen molar-refractivity contribution in [2.24, 2.45) is 0 Å². The second-order valence-electron chi connectivity index (χ2n) is 8.08. The van der Waals surface area contributed by atoms with E-state index in [1.165, 1.54) is 21.3 Å². The zero-order chi connectivity index (χ0) is 24.5. The van der Waals surface area contributed by atoms with Gasteiger partial charge in [-0.3, -0.25) is 0 Å². The number of nitrogens with one attached hydrogen (secondary N) is 1. The quantitative estimate of drug-likeness (QED) is 0.576. The van der Waals surface area contributed by atoms with Crippen molar-refractivity contribution < 1.29 is 26.4 Å². The molecule has 0 bridgehead atoms. The number of amides is 2. The molecule has 1 N–H and O–H groups in total. The molecule has 0 unspecified atom stereocenters. The average molecular weight is 495 g/mol. The molecule has 1 aliphatic heterocycles. The van der Waals surface area contributed by atoms with Crippen LogP contribution in [0.3, 0.4) is 0 Å². The van der Waals surface area contributed by atoms with Crippen LogP contribution in [0.4, 0.5) is 23.7 Å². The Labute approximate surface area is 195 Å². The first-order valence-electron chi connectivity index (χ1n) is 10.9. The maximum Gasteiger partial charge on any atom is 0.416 e. The molecule has 0 saturated carbocycles. The van der Waals surface area contributed by atoms with Gasteiger partial charge in [0, 0.05) is 55.5 Å². The van der Waals surface area contributed by atoms with E-state index in [-0.39, 0.29) is 36.8 Å². The monoisotopic (exact) mass is 494 g/mol. The summed E-state index contributed by atoms with van der Waals surface area (Å²) in [6.45, 7) is 3.53. The summed E-state index contributed by atoms with van der Waals surface area (Å²) in [5.41, 5.74) is 0.125. The van der Waals surface area contributed by atoms with Gasteiger partial charge in [-0.2, -0.15) is 17.5 Å². The Morgan fingerprint density at radius 3 is 2.56 bits per heavy atom. The maximum absolute atomic E-state index is 13.3. The third kappa shape index (κ3) is 4.90. The molecule has 0 aliphatic carbocycles. The van der Waals surface area contributed by atoms with E-state index in [4.69, 9.17) is 0 Å². The second kappa shape index (κ2) is 9.30. The van der Waals surface area contributed by atoms with E-state index in [9.17, 15) is 26.4 Å². The zero-order valence-electron chi connectivity index (χ0n) is 18.5. The Kier molecular flexibility index (Phi) is 6.59. The molecule has 1 fully saturated rings.